The molecule has 0 aromatic carbocycles. The molecule has 102 heavy (non-hydrogen) atoms. The number of nitrogens with one attached hydrogen (secondary N) is 3. The molecule has 0 aromatic heterocycles. The predicted molar refractivity (Wildman–Crippen MR) is 376 cm³/mol. The molecule has 602 valence electrons. The molecule has 5 atom stereocenters. The molecule has 5 unspecified atom stereocenters. The average molecular weight is 1520 g/mol. The van der Waals surface area contributed by atoms with Crippen LogP contribution < -0.4 is 16.0 Å². The van der Waals surface area contributed by atoms with E-state index in [1.54, 1.807) is 52.1 Å². The Morgan fingerprint density at radius 3 is 1.18 bits per heavy atom. The van der Waals surface area contributed by atoms with Crippen LogP contribution in [-0.4, -0.2) is 429 Å². The summed E-state index contributed by atoms with van der Waals surface area (Å²) in [6.07, 6.45) is 9.89. The maximum absolute atomic E-state index is 10.6. The SMILES string of the molecule is CN(C)CS(=O)(=O)O.CN1CC(C(=O)O)C1.CN1CCC(=O)CC1.CN1CCC(C(=O)O)C1.CN1CCC(C(=O)O)CC1.CN1CCCCC1C(=O)O.CN1CCOCC1C(=O)O.CN1COCC1C(=O)O.CNC(CO)C(=O)O.CNCC(=O)O.CNCS(=O)(=O)O.COC1CCN(C)CC1. The standard InChI is InChI=1S/2C7H13NO2.C7H15NO.C6H11NO3.C6H11NO2.C6H11NO.C5H9NO3.C5H9NO2.C4H9NO3.C3H9NO3S.C3H7NO2.C2H7NO3S/c1-8-4-2-6(3-5-8)7(9)10;1-8-5-3-2-4-6(8)7(9)10;1-8-5-3-7(9-2)4-6-8;1-7-2-3-10-4-5(7)6(8)9;1-7-3-2-5(4-7)6(8)9;1-7-4-2-6(8)3-5-7;1-6-3-9-2-4(6)5(7)8;1-6-2-4(3-6)5(7)8;1-5-3(2-6)4(7)8;1-4(2)3-8(5,6)7;1-4-2-3(5)6;1-3-2-7(4,5)6/h2*6H,2-5H2,1H3,(H,9,10);7H,3-6H2,1-2H3;5H,2-4H2,1H3,(H,8,9);5H,2-4H2,1H3,(H,8,9);2-5H2,1H3;4H,2-3H2,1H3,(H,7,8);4H,2-3H2,1H3,(H,7,8);3,5-6H,2H2,1H3,(H,7,8);3H2,1-2H3,(H,5,6,7);4H,2H2,1H3,(H,5,6);3H,2H2,1H3,(H,4,5,6). The Morgan fingerprint density at radius 1 is 0.520 bits per heavy atom. The summed E-state index contributed by atoms with van der Waals surface area (Å²) in [7, 11) is 17.3. The van der Waals surface area contributed by atoms with Crippen molar-refractivity contribution >= 4 is 73.8 Å². The minimum Gasteiger partial charge on any atom is -0.481 e. The van der Waals surface area contributed by atoms with Gasteiger partial charge in [0.05, 0.1) is 63.6 Å². The van der Waals surface area contributed by atoms with Gasteiger partial charge in [-0.1, -0.05) is 6.42 Å². The number of carbonyl (C=O) groups excluding carboxylic acids is 1. The fourth-order valence-corrected chi connectivity index (χ4v) is 10.4. The van der Waals surface area contributed by atoms with Crippen molar-refractivity contribution in [2.75, 3.05) is 229 Å². The number of likely N-dealkylation sites (tertiary alicyclic amines) is 6. The predicted octanol–water partition coefficient (Wildman–Crippen LogP) is -3.22. The lowest BCUT2D eigenvalue weighted by atomic mass is 9.98. The molecule has 8 aliphatic rings. The first-order valence-corrected chi connectivity index (χ1v) is 36.2. The number of hydrogen-bond acceptors (Lipinski definition) is 29. The van der Waals surface area contributed by atoms with E-state index < -0.39 is 86.1 Å². The van der Waals surface area contributed by atoms with E-state index in [-0.39, 0.29) is 48.7 Å². The number of carboxylic acids is 8. The van der Waals surface area contributed by atoms with Gasteiger partial charge in [-0.05, 0) is 163 Å². The fourth-order valence-electron chi connectivity index (χ4n) is 9.41. The summed E-state index contributed by atoms with van der Waals surface area (Å²) in [4.78, 5) is 110. The molecule has 0 aliphatic carbocycles. The molecule has 8 heterocycles. The van der Waals surface area contributed by atoms with Gasteiger partial charge in [0.15, 0.2) is 0 Å². The number of likely N-dealkylation sites (N-methyl/N-ethyl adjacent to an activating group) is 5. The summed E-state index contributed by atoms with van der Waals surface area (Å²) in [6, 6.07) is -1.94. The highest BCUT2D eigenvalue weighted by molar-refractivity contribution is 7.85. The van der Waals surface area contributed by atoms with Crippen LogP contribution in [-0.2, 0) is 77.6 Å². The topological polar surface area (TPSA) is 537 Å². The summed E-state index contributed by atoms with van der Waals surface area (Å²) in [6.45, 7) is 12.2. The third-order valence-electron chi connectivity index (χ3n) is 15.8. The van der Waals surface area contributed by atoms with Crippen LogP contribution in [0.1, 0.15) is 64.2 Å². The van der Waals surface area contributed by atoms with E-state index >= 15 is 0 Å². The van der Waals surface area contributed by atoms with Crippen molar-refractivity contribution in [2.45, 2.75) is 94.5 Å². The Balaban J connectivity index is -0.000000515. The smallest absolute Gasteiger partial charge is 0.323 e. The summed E-state index contributed by atoms with van der Waals surface area (Å²) >= 11 is 0. The van der Waals surface area contributed by atoms with E-state index in [1.807, 2.05) is 49.9 Å². The number of aliphatic hydroxyl groups is 1. The number of carboxylic acid groups (broad SMARTS) is 8. The van der Waals surface area contributed by atoms with Gasteiger partial charge in [-0.3, -0.25) is 71.9 Å². The molecule has 0 bridgehead atoms. The lowest BCUT2D eigenvalue weighted by Crippen LogP contribution is -2.47. The van der Waals surface area contributed by atoms with Crippen molar-refractivity contribution in [3.8, 4) is 0 Å². The number of piperidine rings is 4. The first kappa shape index (κ1) is 103. The van der Waals surface area contributed by atoms with Crippen molar-refractivity contribution in [3.63, 3.8) is 0 Å². The second-order valence-electron chi connectivity index (χ2n) is 25.3. The lowest BCUT2D eigenvalue weighted by Gasteiger charge is -2.32. The maximum atomic E-state index is 10.6. The zero-order valence-corrected chi connectivity index (χ0v) is 63.8. The minimum absolute atomic E-state index is 0.0417. The van der Waals surface area contributed by atoms with Crippen LogP contribution in [0.4, 0.5) is 0 Å². The highest BCUT2D eigenvalue weighted by Crippen LogP contribution is 2.17. The van der Waals surface area contributed by atoms with E-state index in [4.69, 9.17) is 69.3 Å². The number of ketones is 1. The molecule has 0 radical (unpaired) electrons. The number of methoxy groups -OCH3 is 1. The van der Waals surface area contributed by atoms with Crippen LogP contribution >= 0.6 is 0 Å². The van der Waals surface area contributed by atoms with Crippen LogP contribution in [0.5, 0.6) is 0 Å². The molecular formula is C61H124N12O27S2. The van der Waals surface area contributed by atoms with Gasteiger partial charge >= 0.3 is 47.8 Å². The second-order valence-corrected chi connectivity index (χ2v) is 28.2. The molecule has 39 nitrogen and oxygen atoms in total. The number of aliphatic carboxylic acids is 8. The van der Waals surface area contributed by atoms with Crippen LogP contribution in [0.25, 0.3) is 0 Å². The van der Waals surface area contributed by atoms with E-state index in [9.17, 15) is 60.0 Å². The van der Waals surface area contributed by atoms with Gasteiger partial charge in [0, 0.05) is 72.3 Å². The first-order chi connectivity index (χ1) is 47.3. The van der Waals surface area contributed by atoms with Crippen molar-refractivity contribution in [1.82, 2.24) is 60.0 Å². The van der Waals surface area contributed by atoms with Crippen molar-refractivity contribution in [3.05, 3.63) is 0 Å². The molecule has 14 N–H and O–H groups in total. The Bertz CT molecular complexity index is 2520. The average Bonchev–Trinajstić information content (AvgIpc) is 1.11. The summed E-state index contributed by atoms with van der Waals surface area (Å²) < 4.78 is 70.5. The van der Waals surface area contributed by atoms with E-state index in [0.29, 0.717) is 45.0 Å². The van der Waals surface area contributed by atoms with Crippen LogP contribution in [0.2, 0.25) is 0 Å². The Hall–Kier alpha value is -5.39. The Labute approximate surface area is 601 Å². The maximum Gasteiger partial charge on any atom is 0.323 e. The highest BCUT2D eigenvalue weighted by Gasteiger charge is 2.31. The molecule has 0 amide bonds. The minimum atomic E-state index is -3.80. The van der Waals surface area contributed by atoms with Gasteiger partial charge in [-0.25, -0.2) is 0 Å². The molecule has 8 rings (SSSR count). The van der Waals surface area contributed by atoms with Crippen molar-refractivity contribution < 1.29 is 129 Å². The van der Waals surface area contributed by atoms with Crippen molar-refractivity contribution in [1.29, 1.82) is 0 Å². The van der Waals surface area contributed by atoms with Crippen LogP contribution in [0, 0.1) is 17.8 Å². The summed E-state index contributed by atoms with van der Waals surface area (Å²) in [5, 5.41) is 82.5. The van der Waals surface area contributed by atoms with Crippen molar-refractivity contribution in [2.24, 2.45) is 17.8 Å². The number of nitrogens with zero attached hydrogens (tertiary/aromatic N) is 9. The van der Waals surface area contributed by atoms with Crippen LogP contribution in [0.3, 0.4) is 0 Å². The molecule has 0 spiro atoms. The van der Waals surface area contributed by atoms with Gasteiger partial charge in [0.25, 0.3) is 20.2 Å². The van der Waals surface area contributed by atoms with E-state index in [2.05, 4.69) is 37.7 Å². The number of hydrogen-bond donors (Lipinski definition) is 14. The van der Waals surface area contributed by atoms with Gasteiger partial charge in [-0.2, -0.15) is 16.8 Å². The van der Waals surface area contributed by atoms with Gasteiger partial charge in [0.2, 0.25) is 0 Å². The van der Waals surface area contributed by atoms with E-state index in [1.165, 1.54) is 44.9 Å². The Morgan fingerprint density at radius 2 is 0.951 bits per heavy atom. The molecule has 0 aromatic rings. The number of rotatable bonds is 16. The molecule has 8 aliphatic heterocycles. The number of ether oxygens (including phenoxy) is 3. The fraction of sp³-hybridized carbons (Fsp3) is 0.852. The quantitative estimate of drug-likeness (QED) is 0.0676. The third kappa shape index (κ3) is 57.9. The monoisotopic (exact) mass is 1520 g/mol. The molecule has 8 fully saturated rings. The van der Waals surface area contributed by atoms with Crippen LogP contribution in [0.15, 0.2) is 0 Å². The second kappa shape index (κ2) is 58.8. The number of Topliss-reactive ketones (excluding diaryl/α,β-unsaturated/α-hetero) is 1. The zero-order chi connectivity index (χ0) is 79.5. The largest absolute Gasteiger partial charge is 0.481 e. The zero-order valence-electron chi connectivity index (χ0n) is 62.1. The van der Waals surface area contributed by atoms with Gasteiger partial charge < -0.3 is 101 Å². The summed E-state index contributed by atoms with van der Waals surface area (Å²) in [5.74, 6) is -6.67. The number of aliphatic hydroxyl groups excluding tert-OH is 1. The van der Waals surface area contributed by atoms with Gasteiger partial charge in [0.1, 0.15) is 41.7 Å². The lowest BCUT2D eigenvalue weighted by molar-refractivity contribution is -0.149. The highest BCUT2D eigenvalue weighted by atomic mass is 32.2. The normalized spacial score (nSPS) is 22.0. The number of carbonyl (C=O) groups is 9. The molecular weight excluding hydrogens is 1400 g/mol. The molecule has 0 saturated carbocycles. The molecule has 41 heteroatoms. The number of morpholine rings is 1. The first-order valence-electron chi connectivity index (χ1n) is 33.0. The third-order valence-corrected chi connectivity index (χ3v) is 17.3. The Kier molecular flexibility index (Phi) is 59.4. The molecule has 8 saturated heterocycles. The van der Waals surface area contributed by atoms with E-state index in [0.717, 1.165) is 110 Å². The van der Waals surface area contributed by atoms with Gasteiger partial charge in [-0.15, -0.1) is 0 Å². The summed E-state index contributed by atoms with van der Waals surface area (Å²) in [5.41, 5.74) is 0.